The number of carbonyl (C=O) groups is 1. The van der Waals surface area contributed by atoms with E-state index < -0.39 is 12.0 Å². The third-order valence-corrected chi connectivity index (χ3v) is 5.44. The first-order valence-corrected chi connectivity index (χ1v) is 10.0. The van der Waals surface area contributed by atoms with Gasteiger partial charge in [-0.3, -0.25) is 9.69 Å². The molecule has 0 bridgehead atoms. The van der Waals surface area contributed by atoms with Crippen molar-refractivity contribution in [3.05, 3.63) is 52.5 Å². The maximum absolute atomic E-state index is 11.9. The fraction of sp³-hybridized carbons (Fsp3) is 0.409. The minimum atomic E-state index is -0.827. The van der Waals surface area contributed by atoms with E-state index in [4.69, 9.17) is 25.8 Å². The Labute approximate surface area is 175 Å². The highest BCUT2D eigenvalue weighted by Crippen LogP contribution is 2.42. The van der Waals surface area contributed by atoms with Crippen LogP contribution in [0, 0.1) is 0 Å². The molecule has 1 heterocycles. The topological polar surface area (TPSA) is 68.2 Å². The van der Waals surface area contributed by atoms with Crippen LogP contribution in [0.4, 0.5) is 0 Å². The maximum atomic E-state index is 11.9. The van der Waals surface area contributed by atoms with Gasteiger partial charge in [-0.2, -0.15) is 0 Å². The second-order valence-corrected chi connectivity index (χ2v) is 7.30. The highest BCUT2D eigenvalue weighted by atomic mass is 35.5. The monoisotopic (exact) mass is 419 g/mol. The third kappa shape index (κ3) is 4.43. The van der Waals surface area contributed by atoms with Gasteiger partial charge in [-0.1, -0.05) is 17.7 Å². The Bertz CT molecular complexity index is 872. The van der Waals surface area contributed by atoms with Crippen molar-refractivity contribution in [3.63, 3.8) is 0 Å². The van der Waals surface area contributed by atoms with Crippen molar-refractivity contribution >= 4 is 17.6 Å². The molecule has 0 radical (unpaired) electrons. The molecular formula is C22H26ClNO5. The highest BCUT2D eigenvalue weighted by Gasteiger charge is 2.38. The SMILES string of the molecule is CCOc1cc(C(c2cc(Cl)ccc2OC)N2CCCC2C(=O)O)ccc1OC. The molecule has 0 spiro atoms. The van der Waals surface area contributed by atoms with E-state index in [2.05, 4.69) is 0 Å². The largest absolute Gasteiger partial charge is 0.496 e. The number of likely N-dealkylation sites (tertiary alicyclic amines) is 1. The second-order valence-electron chi connectivity index (χ2n) is 6.87. The normalized spacial score (nSPS) is 17.7. The Kier molecular flexibility index (Phi) is 6.87. The van der Waals surface area contributed by atoms with Crippen LogP contribution in [0.5, 0.6) is 17.2 Å². The van der Waals surface area contributed by atoms with Gasteiger partial charge in [-0.25, -0.2) is 0 Å². The Balaban J connectivity index is 2.18. The quantitative estimate of drug-likeness (QED) is 0.684. The summed E-state index contributed by atoms with van der Waals surface area (Å²) in [6, 6.07) is 10.2. The summed E-state index contributed by atoms with van der Waals surface area (Å²) < 4.78 is 16.8. The number of hydrogen-bond donors (Lipinski definition) is 1. The highest BCUT2D eigenvalue weighted by molar-refractivity contribution is 6.30. The number of methoxy groups -OCH3 is 2. The van der Waals surface area contributed by atoms with Gasteiger partial charge < -0.3 is 19.3 Å². The number of carboxylic acid groups (broad SMARTS) is 1. The van der Waals surface area contributed by atoms with E-state index in [9.17, 15) is 9.90 Å². The van der Waals surface area contributed by atoms with Gasteiger partial charge in [0.15, 0.2) is 11.5 Å². The predicted octanol–water partition coefficient (Wildman–Crippen LogP) is 4.39. The van der Waals surface area contributed by atoms with Crippen molar-refractivity contribution in [2.75, 3.05) is 27.4 Å². The van der Waals surface area contributed by atoms with Gasteiger partial charge in [0.25, 0.3) is 0 Å². The first kappa shape index (κ1) is 21.3. The zero-order valence-corrected chi connectivity index (χ0v) is 17.6. The average Bonchev–Trinajstić information content (AvgIpc) is 3.19. The van der Waals surface area contributed by atoms with E-state index in [1.165, 1.54) is 0 Å². The molecular weight excluding hydrogens is 394 g/mol. The van der Waals surface area contributed by atoms with E-state index in [0.29, 0.717) is 41.8 Å². The molecule has 1 N–H and O–H groups in total. The number of carboxylic acids is 1. The van der Waals surface area contributed by atoms with Gasteiger partial charge in [0.2, 0.25) is 0 Å². The minimum Gasteiger partial charge on any atom is -0.496 e. The molecule has 0 aromatic heterocycles. The maximum Gasteiger partial charge on any atom is 0.320 e. The molecule has 0 aliphatic carbocycles. The van der Waals surface area contributed by atoms with Gasteiger partial charge in [0.05, 0.1) is 26.9 Å². The number of halogens is 1. The summed E-state index contributed by atoms with van der Waals surface area (Å²) in [4.78, 5) is 13.9. The predicted molar refractivity (Wildman–Crippen MR) is 111 cm³/mol. The van der Waals surface area contributed by atoms with Crippen molar-refractivity contribution in [3.8, 4) is 17.2 Å². The molecule has 156 valence electrons. The summed E-state index contributed by atoms with van der Waals surface area (Å²) in [5.41, 5.74) is 1.71. The summed E-state index contributed by atoms with van der Waals surface area (Å²) >= 11 is 6.30. The third-order valence-electron chi connectivity index (χ3n) is 5.20. The van der Waals surface area contributed by atoms with Crippen LogP contribution in [0.2, 0.25) is 5.02 Å². The lowest BCUT2D eigenvalue weighted by molar-refractivity contribution is -0.142. The van der Waals surface area contributed by atoms with Crippen LogP contribution >= 0.6 is 11.6 Å². The Hall–Kier alpha value is -2.44. The fourth-order valence-electron chi connectivity index (χ4n) is 3.96. The second kappa shape index (κ2) is 9.37. The smallest absolute Gasteiger partial charge is 0.320 e. The van der Waals surface area contributed by atoms with Crippen molar-refractivity contribution in [1.82, 2.24) is 4.90 Å². The number of benzene rings is 2. The van der Waals surface area contributed by atoms with Gasteiger partial charge in [0, 0.05) is 17.1 Å². The van der Waals surface area contributed by atoms with E-state index in [1.54, 1.807) is 20.3 Å². The molecule has 1 saturated heterocycles. The number of ether oxygens (including phenoxy) is 3. The van der Waals surface area contributed by atoms with Crippen LogP contribution in [0.25, 0.3) is 0 Å². The van der Waals surface area contributed by atoms with Gasteiger partial charge in [-0.05, 0) is 55.7 Å². The van der Waals surface area contributed by atoms with Crippen LogP contribution < -0.4 is 14.2 Å². The molecule has 1 fully saturated rings. The molecule has 2 atom stereocenters. The lowest BCUT2D eigenvalue weighted by Gasteiger charge is -2.33. The van der Waals surface area contributed by atoms with Gasteiger partial charge in [-0.15, -0.1) is 0 Å². The van der Waals surface area contributed by atoms with Crippen LogP contribution in [0.15, 0.2) is 36.4 Å². The number of hydrogen-bond acceptors (Lipinski definition) is 5. The van der Waals surface area contributed by atoms with E-state index in [-0.39, 0.29) is 6.04 Å². The van der Waals surface area contributed by atoms with Crippen molar-refractivity contribution in [1.29, 1.82) is 0 Å². The Morgan fingerprint density at radius 2 is 1.90 bits per heavy atom. The average molecular weight is 420 g/mol. The molecule has 3 rings (SSSR count). The van der Waals surface area contributed by atoms with Crippen LogP contribution in [0.1, 0.15) is 36.9 Å². The molecule has 6 nitrogen and oxygen atoms in total. The lowest BCUT2D eigenvalue weighted by Crippen LogP contribution is -2.39. The van der Waals surface area contributed by atoms with Crippen LogP contribution in [-0.2, 0) is 4.79 Å². The Morgan fingerprint density at radius 3 is 2.55 bits per heavy atom. The molecule has 2 aromatic carbocycles. The molecule has 1 aliphatic rings. The zero-order valence-electron chi connectivity index (χ0n) is 16.9. The number of aliphatic carboxylic acids is 1. The first-order chi connectivity index (χ1) is 14.0. The van der Waals surface area contributed by atoms with Crippen molar-refractivity contribution in [2.45, 2.75) is 31.8 Å². The molecule has 2 aromatic rings. The first-order valence-electron chi connectivity index (χ1n) is 9.62. The molecule has 1 aliphatic heterocycles. The van der Waals surface area contributed by atoms with E-state index >= 15 is 0 Å². The van der Waals surface area contributed by atoms with Crippen LogP contribution in [0.3, 0.4) is 0 Å². The molecule has 0 saturated carbocycles. The van der Waals surface area contributed by atoms with Gasteiger partial charge >= 0.3 is 5.97 Å². The Morgan fingerprint density at radius 1 is 1.17 bits per heavy atom. The minimum absolute atomic E-state index is 0.350. The molecule has 29 heavy (non-hydrogen) atoms. The molecule has 2 unspecified atom stereocenters. The number of rotatable bonds is 8. The lowest BCUT2D eigenvalue weighted by atomic mass is 9.95. The summed E-state index contributed by atoms with van der Waals surface area (Å²) in [5, 5.41) is 10.3. The fourth-order valence-corrected chi connectivity index (χ4v) is 4.14. The summed E-state index contributed by atoms with van der Waals surface area (Å²) in [7, 11) is 3.19. The summed E-state index contributed by atoms with van der Waals surface area (Å²) in [6.07, 6.45) is 1.41. The summed E-state index contributed by atoms with van der Waals surface area (Å²) in [5.74, 6) is 1.07. The molecule has 0 amide bonds. The standard InChI is InChI=1S/C22H26ClNO5/c1-4-29-20-12-14(7-9-19(20)28-3)21(24-11-5-6-17(24)22(25)26)16-13-15(23)8-10-18(16)27-2/h7-10,12-13,17,21H,4-6,11H2,1-3H3,(H,25,26). The van der Waals surface area contributed by atoms with Gasteiger partial charge in [0.1, 0.15) is 11.8 Å². The van der Waals surface area contributed by atoms with E-state index in [0.717, 1.165) is 17.5 Å². The van der Waals surface area contributed by atoms with E-state index in [1.807, 2.05) is 42.2 Å². The van der Waals surface area contributed by atoms with Crippen molar-refractivity contribution < 1.29 is 24.1 Å². The zero-order chi connectivity index (χ0) is 21.0. The molecule has 7 heteroatoms. The van der Waals surface area contributed by atoms with Crippen molar-refractivity contribution in [2.24, 2.45) is 0 Å². The van der Waals surface area contributed by atoms with Crippen LogP contribution in [-0.4, -0.2) is 49.4 Å². The number of nitrogens with zero attached hydrogens (tertiary/aromatic N) is 1. The summed E-state index contributed by atoms with van der Waals surface area (Å²) in [6.45, 7) is 3.06.